The zero-order chi connectivity index (χ0) is 17.6. The van der Waals surface area contributed by atoms with Crippen LogP contribution >= 0.6 is 0 Å². The zero-order valence-electron chi connectivity index (χ0n) is 14.7. The van der Waals surface area contributed by atoms with E-state index in [1.165, 1.54) is 5.56 Å². The van der Waals surface area contributed by atoms with Gasteiger partial charge in [0.05, 0.1) is 0 Å². The van der Waals surface area contributed by atoms with Crippen LogP contribution in [-0.2, 0) is 4.79 Å². The molecule has 5 heteroatoms. The van der Waals surface area contributed by atoms with Gasteiger partial charge in [0.1, 0.15) is 13.2 Å². The Morgan fingerprint density at radius 2 is 1.92 bits per heavy atom. The number of amides is 1. The highest BCUT2D eigenvalue weighted by molar-refractivity contribution is 5.91. The molecule has 0 unspecified atom stereocenters. The van der Waals surface area contributed by atoms with Gasteiger partial charge in [0.25, 0.3) is 0 Å². The Balaban J connectivity index is 1.57. The molecular weight excluding hydrogens is 316 g/mol. The molecule has 1 N–H and O–H groups in total. The van der Waals surface area contributed by atoms with E-state index in [0.717, 1.165) is 23.7 Å². The second kappa shape index (κ2) is 7.92. The Hall–Kier alpha value is -2.69. The molecule has 0 aliphatic carbocycles. The number of ether oxygens (including phenoxy) is 2. The lowest BCUT2D eigenvalue weighted by atomic mass is 10.2. The molecule has 3 rings (SSSR count). The number of hydrogen-bond acceptors (Lipinski definition) is 4. The van der Waals surface area contributed by atoms with Gasteiger partial charge in [-0.1, -0.05) is 12.1 Å². The Morgan fingerprint density at radius 3 is 2.68 bits per heavy atom. The van der Waals surface area contributed by atoms with Gasteiger partial charge in [-0.2, -0.15) is 0 Å². The van der Waals surface area contributed by atoms with Crippen molar-refractivity contribution in [1.29, 1.82) is 0 Å². The fourth-order valence-electron chi connectivity index (χ4n) is 2.88. The monoisotopic (exact) mass is 340 g/mol. The molecule has 1 amide bonds. The number of nitrogens with zero attached hydrogens (tertiary/aromatic N) is 1. The third-order valence-electron chi connectivity index (χ3n) is 4.18. The van der Waals surface area contributed by atoms with Gasteiger partial charge < -0.3 is 19.7 Å². The second-order valence-corrected chi connectivity index (χ2v) is 6.08. The lowest BCUT2D eigenvalue weighted by molar-refractivity contribution is -0.116. The highest BCUT2D eigenvalue weighted by atomic mass is 16.6. The van der Waals surface area contributed by atoms with Gasteiger partial charge >= 0.3 is 0 Å². The molecule has 0 aromatic heterocycles. The summed E-state index contributed by atoms with van der Waals surface area (Å²) in [5, 5.41) is 2.93. The van der Waals surface area contributed by atoms with E-state index in [4.69, 9.17) is 9.47 Å². The van der Waals surface area contributed by atoms with E-state index in [2.05, 4.69) is 42.3 Å². The minimum absolute atomic E-state index is 0.0113. The van der Waals surface area contributed by atoms with Gasteiger partial charge in [-0.05, 0) is 43.7 Å². The van der Waals surface area contributed by atoms with Crippen LogP contribution in [-0.4, -0.2) is 32.2 Å². The first-order valence-corrected chi connectivity index (χ1v) is 8.67. The normalized spacial score (nSPS) is 12.6. The van der Waals surface area contributed by atoms with E-state index in [-0.39, 0.29) is 5.91 Å². The first-order chi connectivity index (χ1) is 12.2. The summed E-state index contributed by atoms with van der Waals surface area (Å²) in [7, 11) is 0. The molecule has 0 atom stereocenters. The highest BCUT2D eigenvalue weighted by Crippen LogP contribution is 2.32. The van der Waals surface area contributed by atoms with Crippen molar-refractivity contribution in [2.75, 3.05) is 36.5 Å². The van der Waals surface area contributed by atoms with Crippen molar-refractivity contribution in [1.82, 2.24) is 0 Å². The van der Waals surface area contributed by atoms with Crippen LogP contribution in [0.15, 0.2) is 42.5 Å². The van der Waals surface area contributed by atoms with Gasteiger partial charge in [0.15, 0.2) is 11.5 Å². The predicted molar refractivity (Wildman–Crippen MR) is 99.7 cm³/mol. The van der Waals surface area contributed by atoms with Crippen LogP contribution in [0.25, 0.3) is 0 Å². The molecule has 2 aromatic rings. The largest absolute Gasteiger partial charge is 0.486 e. The van der Waals surface area contributed by atoms with E-state index >= 15 is 0 Å². The Labute approximate surface area is 148 Å². The van der Waals surface area contributed by atoms with E-state index in [0.29, 0.717) is 31.9 Å². The average molecular weight is 340 g/mol. The number of fused-ring (bicyclic) bond motifs is 1. The minimum atomic E-state index is -0.0113. The van der Waals surface area contributed by atoms with Crippen LogP contribution in [0, 0.1) is 6.92 Å². The summed E-state index contributed by atoms with van der Waals surface area (Å²) < 4.78 is 11.0. The summed E-state index contributed by atoms with van der Waals surface area (Å²) >= 11 is 0. The van der Waals surface area contributed by atoms with Crippen molar-refractivity contribution in [3.63, 3.8) is 0 Å². The number of anilines is 2. The lowest BCUT2D eigenvalue weighted by Gasteiger charge is -2.23. The van der Waals surface area contributed by atoms with Crippen LogP contribution in [0.3, 0.4) is 0 Å². The third-order valence-corrected chi connectivity index (χ3v) is 4.18. The molecule has 5 nitrogen and oxygen atoms in total. The molecule has 1 aliphatic rings. The number of hydrogen-bond donors (Lipinski definition) is 1. The molecule has 0 saturated carbocycles. The Morgan fingerprint density at radius 1 is 1.12 bits per heavy atom. The summed E-state index contributed by atoms with van der Waals surface area (Å²) in [6.07, 6.45) is 0.427. The summed E-state index contributed by atoms with van der Waals surface area (Å²) in [6, 6.07) is 13.8. The molecule has 0 fully saturated rings. The molecule has 25 heavy (non-hydrogen) atoms. The summed E-state index contributed by atoms with van der Waals surface area (Å²) in [5.74, 6) is 1.39. The molecule has 132 valence electrons. The first-order valence-electron chi connectivity index (χ1n) is 8.67. The molecule has 2 aromatic carbocycles. The third kappa shape index (κ3) is 4.44. The smallest absolute Gasteiger partial charge is 0.226 e. The van der Waals surface area contributed by atoms with Gasteiger partial charge in [-0.3, -0.25) is 4.79 Å². The standard InChI is InChI=1S/C20H24N2O3/c1-3-22(17-6-4-5-15(2)13-17)10-9-20(23)21-16-7-8-18-19(14-16)25-12-11-24-18/h4-8,13-14H,3,9-12H2,1-2H3,(H,21,23). The summed E-state index contributed by atoms with van der Waals surface area (Å²) in [5.41, 5.74) is 3.10. The second-order valence-electron chi connectivity index (χ2n) is 6.08. The van der Waals surface area contributed by atoms with Crippen LogP contribution in [0.2, 0.25) is 0 Å². The zero-order valence-corrected chi connectivity index (χ0v) is 14.7. The maximum atomic E-state index is 12.3. The van der Waals surface area contributed by atoms with E-state index in [1.54, 1.807) is 0 Å². The van der Waals surface area contributed by atoms with E-state index < -0.39 is 0 Å². The molecule has 0 bridgehead atoms. The average Bonchev–Trinajstić information content (AvgIpc) is 2.62. The first kappa shape index (κ1) is 17.1. The minimum Gasteiger partial charge on any atom is -0.486 e. The molecule has 0 radical (unpaired) electrons. The molecule has 1 aliphatic heterocycles. The van der Waals surface area contributed by atoms with E-state index in [9.17, 15) is 4.79 Å². The van der Waals surface area contributed by atoms with Crippen molar-refractivity contribution < 1.29 is 14.3 Å². The van der Waals surface area contributed by atoms with Crippen LogP contribution in [0.5, 0.6) is 11.5 Å². The van der Waals surface area contributed by atoms with Crippen molar-refractivity contribution in [3.8, 4) is 11.5 Å². The summed E-state index contributed by atoms with van der Waals surface area (Å²) in [4.78, 5) is 14.5. The summed E-state index contributed by atoms with van der Waals surface area (Å²) in [6.45, 7) is 6.81. The fraction of sp³-hybridized carbons (Fsp3) is 0.350. The maximum absolute atomic E-state index is 12.3. The number of aryl methyl sites for hydroxylation is 1. The Bertz CT molecular complexity index is 745. The van der Waals surface area contributed by atoms with E-state index in [1.807, 2.05) is 24.3 Å². The van der Waals surface area contributed by atoms with Gasteiger partial charge in [-0.25, -0.2) is 0 Å². The van der Waals surface area contributed by atoms with Crippen LogP contribution in [0.1, 0.15) is 18.9 Å². The number of benzene rings is 2. The van der Waals surface area contributed by atoms with Gasteiger partial charge in [0.2, 0.25) is 5.91 Å². The van der Waals surface area contributed by atoms with Crippen molar-refractivity contribution in [2.45, 2.75) is 20.3 Å². The van der Waals surface area contributed by atoms with Gasteiger partial charge in [-0.15, -0.1) is 0 Å². The number of nitrogens with one attached hydrogen (secondary N) is 1. The fourth-order valence-corrected chi connectivity index (χ4v) is 2.88. The highest BCUT2D eigenvalue weighted by Gasteiger charge is 2.13. The van der Waals surface area contributed by atoms with Gasteiger partial charge in [0, 0.05) is 37.0 Å². The van der Waals surface area contributed by atoms with Crippen LogP contribution in [0.4, 0.5) is 11.4 Å². The van der Waals surface area contributed by atoms with Crippen molar-refractivity contribution >= 4 is 17.3 Å². The number of carbonyl (C=O) groups is 1. The number of carbonyl (C=O) groups excluding carboxylic acids is 1. The Kier molecular flexibility index (Phi) is 5.43. The predicted octanol–water partition coefficient (Wildman–Crippen LogP) is 3.62. The molecule has 0 saturated heterocycles. The molecular formula is C20H24N2O3. The van der Waals surface area contributed by atoms with Crippen molar-refractivity contribution in [3.05, 3.63) is 48.0 Å². The molecule has 1 heterocycles. The van der Waals surface area contributed by atoms with Crippen molar-refractivity contribution in [2.24, 2.45) is 0 Å². The lowest BCUT2D eigenvalue weighted by Crippen LogP contribution is -2.27. The van der Waals surface area contributed by atoms with Crippen LogP contribution < -0.4 is 19.7 Å². The quantitative estimate of drug-likeness (QED) is 0.872. The maximum Gasteiger partial charge on any atom is 0.226 e. The SMILES string of the molecule is CCN(CCC(=O)Nc1ccc2c(c1)OCCO2)c1cccc(C)c1. The number of rotatable bonds is 6. The molecule has 0 spiro atoms. The topological polar surface area (TPSA) is 50.8 Å².